The van der Waals surface area contributed by atoms with E-state index in [0.29, 0.717) is 13.1 Å². The highest BCUT2D eigenvalue weighted by Gasteiger charge is 1.99. The van der Waals surface area contributed by atoms with Crippen molar-refractivity contribution in [1.29, 1.82) is 0 Å². The minimum Gasteiger partial charge on any atom is -0.329 e. The lowest BCUT2D eigenvalue weighted by Crippen LogP contribution is -2.31. The molecule has 0 radical (unpaired) electrons. The zero-order valence-electron chi connectivity index (χ0n) is 6.21. The Morgan fingerprint density at radius 2 is 2.25 bits per heavy atom. The minimum absolute atomic E-state index is 0.0111. The lowest BCUT2D eigenvalue weighted by Gasteiger charge is -2.01. The monoisotopic (exact) mass is 189 g/mol. The molecule has 0 amide bonds. The van der Waals surface area contributed by atoms with Crippen LogP contribution < -0.4 is 17.0 Å². The van der Waals surface area contributed by atoms with Gasteiger partial charge in [0.05, 0.1) is 0 Å². The highest BCUT2D eigenvalue weighted by molar-refractivity contribution is 6.30. The molecule has 3 N–H and O–H groups in total. The second kappa shape index (κ2) is 3.55. The quantitative estimate of drug-likeness (QED) is 0.636. The van der Waals surface area contributed by atoms with E-state index < -0.39 is 11.2 Å². The van der Waals surface area contributed by atoms with Gasteiger partial charge in [-0.1, -0.05) is 11.6 Å². The molecule has 0 saturated heterocycles. The predicted molar refractivity (Wildman–Crippen MR) is 45.4 cm³/mol. The Balaban J connectivity index is 3.24. The van der Waals surface area contributed by atoms with Crippen LogP contribution in [0.25, 0.3) is 0 Å². The molecule has 0 atom stereocenters. The number of nitrogens with one attached hydrogen (secondary N) is 1. The molecule has 1 rings (SSSR count). The summed E-state index contributed by atoms with van der Waals surface area (Å²) in [6.45, 7) is 0.664. The zero-order valence-corrected chi connectivity index (χ0v) is 6.97. The molecule has 0 saturated carbocycles. The summed E-state index contributed by atoms with van der Waals surface area (Å²) in [5.74, 6) is 0. The van der Waals surface area contributed by atoms with E-state index in [9.17, 15) is 9.59 Å². The third-order valence-corrected chi connectivity index (χ3v) is 1.61. The van der Waals surface area contributed by atoms with Gasteiger partial charge in [0.1, 0.15) is 5.02 Å². The second-order valence-electron chi connectivity index (χ2n) is 2.22. The van der Waals surface area contributed by atoms with Crippen LogP contribution in [0, 0.1) is 0 Å². The molecule has 5 nitrogen and oxygen atoms in total. The van der Waals surface area contributed by atoms with Crippen molar-refractivity contribution in [3.05, 3.63) is 32.1 Å². The third-order valence-electron chi connectivity index (χ3n) is 1.34. The average Bonchev–Trinajstić information content (AvgIpc) is 2.01. The molecule has 6 heteroatoms. The molecule has 0 aliphatic heterocycles. The molecule has 0 fully saturated rings. The predicted octanol–water partition coefficient (Wildman–Crippen LogP) is -0.851. The molecule has 1 heterocycles. The third kappa shape index (κ3) is 1.75. The van der Waals surface area contributed by atoms with Crippen molar-refractivity contribution in [3.63, 3.8) is 0 Å². The van der Waals surface area contributed by atoms with E-state index in [-0.39, 0.29) is 5.02 Å². The number of aromatic nitrogens is 2. The van der Waals surface area contributed by atoms with Gasteiger partial charge in [-0.25, -0.2) is 4.79 Å². The number of halogens is 1. The van der Waals surface area contributed by atoms with Gasteiger partial charge in [-0.15, -0.1) is 0 Å². The number of nitrogens with two attached hydrogens (primary N) is 1. The van der Waals surface area contributed by atoms with E-state index in [4.69, 9.17) is 17.3 Å². The molecule has 66 valence electrons. The van der Waals surface area contributed by atoms with Crippen LogP contribution in [0.2, 0.25) is 5.02 Å². The fraction of sp³-hybridized carbons (Fsp3) is 0.333. The number of aromatic amines is 1. The van der Waals surface area contributed by atoms with Crippen molar-refractivity contribution in [2.45, 2.75) is 6.54 Å². The van der Waals surface area contributed by atoms with Gasteiger partial charge in [0.25, 0.3) is 5.56 Å². The molecule has 0 spiro atoms. The van der Waals surface area contributed by atoms with Gasteiger partial charge in [-0.3, -0.25) is 14.3 Å². The number of hydrogen-bond donors (Lipinski definition) is 2. The van der Waals surface area contributed by atoms with Crippen LogP contribution in [-0.4, -0.2) is 16.1 Å². The highest BCUT2D eigenvalue weighted by atomic mass is 35.5. The summed E-state index contributed by atoms with van der Waals surface area (Å²) in [4.78, 5) is 23.8. The van der Waals surface area contributed by atoms with Crippen molar-refractivity contribution in [1.82, 2.24) is 9.55 Å². The van der Waals surface area contributed by atoms with Crippen molar-refractivity contribution >= 4 is 11.6 Å². The van der Waals surface area contributed by atoms with Gasteiger partial charge < -0.3 is 5.73 Å². The van der Waals surface area contributed by atoms with Crippen LogP contribution in [0.3, 0.4) is 0 Å². The fourth-order valence-electron chi connectivity index (χ4n) is 0.788. The summed E-state index contributed by atoms with van der Waals surface area (Å²) in [5, 5.41) is -0.0111. The smallest absolute Gasteiger partial charge is 0.328 e. The SMILES string of the molecule is NCCn1cc(Cl)c(=O)[nH]c1=O. The summed E-state index contributed by atoms with van der Waals surface area (Å²) in [7, 11) is 0. The molecule has 0 aliphatic rings. The summed E-state index contributed by atoms with van der Waals surface area (Å²) in [5.41, 5.74) is 4.16. The van der Waals surface area contributed by atoms with Crippen LogP contribution in [0.4, 0.5) is 0 Å². The van der Waals surface area contributed by atoms with Crippen molar-refractivity contribution < 1.29 is 0 Å². The Morgan fingerprint density at radius 1 is 1.58 bits per heavy atom. The standard InChI is InChI=1S/C6H8ClN3O2/c7-4-3-10(2-1-8)6(12)9-5(4)11/h3H,1-2,8H2,(H,9,11,12). The van der Waals surface area contributed by atoms with E-state index in [0.717, 1.165) is 0 Å². The van der Waals surface area contributed by atoms with E-state index in [1.165, 1.54) is 10.8 Å². The summed E-state index contributed by atoms with van der Waals surface area (Å²) < 4.78 is 1.25. The molecule has 1 aromatic heterocycles. The van der Waals surface area contributed by atoms with E-state index in [2.05, 4.69) is 4.98 Å². The molecule has 1 aromatic rings. The Kier molecular flexibility index (Phi) is 2.67. The van der Waals surface area contributed by atoms with Gasteiger partial charge in [0.15, 0.2) is 0 Å². The first-order chi connectivity index (χ1) is 5.65. The van der Waals surface area contributed by atoms with Crippen LogP contribution in [-0.2, 0) is 6.54 Å². The zero-order chi connectivity index (χ0) is 9.14. The van der Waals surface area contributed by atoms with Crippen molar-refractivity contribution in [3.8, 4) is 0 Å². The largest absolute Gasteiger partial charge is 0.329 e. The molecular weight excluding hydrogens is 182 g/mol. The van der Waals surface area contributed by atoms with Crippen LogP contribution in [0.15, 0.2) is 15.8 Å². The molecule has 0 bridgehead atoms. The molecule has 0 aromatic carbocycles. The van der Waals surface area contributed by atoms with Crippen LogP contribution >= 0.6 is 11.6 Å². The van der Waals surface area contributed by atoms with E-state index in [1.54, 1.807) is 0 Å². The van der Waals surface area contributed by atoms with Crippen molar-refractivity contribution in [2.75, 3.05) is 6.54 Å². The second-order valence-corrected chi connectivity index (χ2v) is 2.63. The molecule has 12 heavy (non-hydrogen) atoms. The summed E-state index contributed by atoms with van der Waals surface area (Å²) in [6.07, 6.45) is 1.27. The lowest BCUT2D eigenvalue weighted by atomic mass is 10.5. The Morgan fingerprint density at radius 3 is 2.83 bits per heavy atom. The average molecular weight is 190 g/mol. The minimum atomic E-state index is -0.574. The Labute approximate surface area is 72.8 Å². The van der Waals surface area contributed by atoms with Crippen LogP contribution in [0.1, 0.15) is 0 Å². The van der Waals surface area contributed by atoms with Gasteiger partial charge in [-0.05, 0) is 0 Å². The van der Waals surface area contributed by atoms with Crippen LogP contribution in [0.5, 0.6) is 0 Å². The maximum atomic E-state index is 11.0. The van der Waals surface area contributed by atoms with Gasteiger partial charge in [0, 0.05) is 19.3 Å². The van der Waals surface area contributed by atoms with Gasteiger partial charge in [-0.2, -0.15) is 0 Å². The van der Waals surface area contributed by atoms with E-state index >= 15 is 0 Å². The first kappa shape index (κ1) is 9.02. The number of nitrogens with zero attached hydrogens (tertiary/aromatic N) is 1. The Hall–Kier alpha value is -1.07. The van der Waals surface area contributed by atoms with E-state index in [1.807, 2.05) is 0 Å². The maximum Gasteiger partial charge on any atom is 0.328 e. The topological polar surface area (TPSA) is 80.9 Å². The molecule has 0 unspecified atom stereocenters. The van der Waals surface area contributed by atoms with Gasteiger partial charge in [0.2, 0.25) is 0 Å². The highest BCUT2D eigenvalue weighted by Crippen LogP contribution is 1.94. The number of hydrogen-bond acceptors (Lipinski definition) is 3. The molecule has 0 aliphatic carbocycles. The molecular formula is C6H8ClN3O2. The Bertz CT molecular complexity index is 381. The first-order valence-corrected chi connectivity index (χ1v) is 3.72. The first-order valence-electron chi connectivity index (χ1n) is 3.34. The lowest BCUT2D eigenvalue weighted by molar-refractivity contribution is 0.655. The maximum absolute atomic E-state index is 11.0. The van der Waals surface area contributed by atoms with Gasteiger partial charge >= 0.3 is 5.69 Å². The normalized spacial score (nSPS) is 10.2. The summed E-state index contributed by atoms with van der Waals surface area (Å²) in [6, 6.07) is 0. The number of H-pyrrole nitrogens is 1. The van der Waals surface area contributed by atoms with Crippen molar-refractivity contribution in [2.24, 2.45) is 5.73 Å². The summed E-state index contributed by atoms with van der Waals surface area (Å²) >= 11 is 5.48. The number of rotatable bonds is 2. The fourth-order valence-corrected chi connectivity index (χ4v) is 0.953.